The number of amides is 2. The van der Waals surface area contributed by atoms with Gasteiger partial charge in [-0.1, -0.05) is 40.5 Å². The molecule has 0 unspecified atom stereocenters. The van der Waals surface area contributed by atoms with Gasteiger partial charge in [-0.3, -0.25) is 9.59 Å². The molecule has 1 aromatic carbocycles. The van der Waals surface area contributed by atoms with Gasteiger partial charge in [0.15, 0.2) is 0 Å². The summed E-state index contributed by atoms with van der Waals surface area (Å²) in [4.78, 5) is 28.6. The molecule has 0 bridgehead atoms. The monoisotopic (exact) mass is 373 g/mol. The zero-order chi connectivity index (χ0) is 19.9. The first-order valence-electron chi connectivity index (χ1n) is 10.2. The van der Waals surface area contributed by atoms with E-state index in [0.29, 0.717) is 18.7 Å². The average Bonchev–Trinajstić information content (AvgIpc) is 2.61. The number of carbonyl (C=O) groups is 2. The van der Waals surface area contributed by atoms with Crippen LogP contribution in [0.1, 0.15) is 59.8 Å². The van der Waals surface area contributed by atoms with Crippen LogP contribution in [-0.2, 0) is 9.59 Å². The normalized spacial score (nSPS) is 15.0. The van der Waals surface area contributed by atoms with Gasteiger partial charge in [-0.2, -0.15) is 0 Å². The number of anilines is 2. The Hall–Kier alpha value is -2.04. The molecular weight excluding hydrogens is 338 g/mol. The second-order valence-electron chi connectivity index (χ2n) is 8.66. The number of benzene rings is 1. The van der Waals surface area contributed by atoms with Gasteiger partial charge in [0.1, 0.15) is 0 Å². The molecule has 0 aromatic heterocycles. The molecular formula is C22H35N3O2. The molecule has 0 atom stereocenters. The molecule has 1 saturated heterocycles. The van der Waals surface area contributed by atoms with Crippen LogP contribution in [0.4, 0.5) is 11.4 Å². The Kier molecular flexibility index (Phi) is 7.69. The van der Waals surface area contributed by atoms with E-state index in [1.54, 1.807) is 0 Å². The molecule has 1 heterocycles. The first-order chi connectivity index (χ1) is 12.8. The number of nitrogens with zero attached hydrogens (tertiary/aromatic N) is 2. The molecule has 27 heavy (non-hydrogen) atoms. The highest BCUT2D eigenvalue weighted by Gasteiger charge is 2.21. The van der Waals surface area contributed by atoms with Crippen molar-refractivity contribution in [1.29, 1.82) is 0 Å². The van der Waals surface area contributed by atoms with Crippen LogP contribution in [0.2, 0.25) is 0 Å². The van der Waals surface area contributed by atoms with E-state index in [0.717, 1.165) is 56.8 Å². The smallest absolute Gasteiger partial charge is 0.224 e. The van der Waals surface area contributed by atoms with Crippen molar-refractivity contribution in [3.05, 3.63) is 24.3 Å². The quantitative estimate of drug-likeness (QED) is 0.726. The van der Waals surface area contributed by atoms with Gasteiger partial charge < -0.3 is 15.1 Å². The summed E-state index contributed by atoms with van der Waals surface area (Å²) in [5, 5.41) is 2.96. The molecule has 2 rings (SSSR count). The maximum absolute atomic E-state index is 12.2. The molecule has 0 saturated carbocycles. The highest BCUT2D eigenvalue weighted by atomic mass is 16.2. The van der Waals surface area contributed by atoms with E-state index < -0.39 is 0 Å². The molecule has 1 N–H and O–H groups in total. The lowest BCUT2D eigenvalue weighted by Gasteiger charge is -2.36. The summed E-state index contributed by atoms with van der Waals surface area (Å²) in [7, 11) is 0. The van der Waals surface area contributed by atoms with E-state index >= 15 is 0 Å². The molecule has 150 valence electrons. The van der Waals surface area contributed by atoms with E-state index in [1.165, 1.54) is 0 Å². The van der Waals surface area contributed by atoms with Crippen molar-refractivity contribution in [2.75, 3.05) is 36.4 Å². The van der Waals surface area contributed by atoms with Crippen molar-refractivity contribution in [1.82, 2.24) is 4.90 Å². The van der Waals surface area contributed by atoms with Gasteiger partial charge in [-0.15, -0.1) is 0 Å². The Morgan fingerprint density at radius 1 is 1.00 bits per heavy atom. The van der Waals surface area contributed by atoms with Crippen LogP contribution in [0.25, 0.3) is 0 Å². The molecule has 0 spiro atoms. The summed E-state index contributed by atoms with van der Waals surface area (Å²) < 4.78 is 0. The molecule has 0 radical (unpaired) electrons. The van der Waals surface area contributed by atoms with Crippen molar-refractivity contribution < 1.29 is 9.59 Å². The maximum Gasteiger partial charge on any atom is 0.224 e. The molecule has 1 fully saturated rings. The minimum absolute atomic E-state index is 0.0162. The standard InChI is InChI=1S/C22H35N3O2/c1-5-6-7-8-21(27)25-15-13-24(14-16-25)19-11-9-18(10-12-19)23-20(26)17-22(2,3)4/h9-12H,5-8,13-17H2,1-4H3,(H,23,26). The van der Waals surface area contributed by atoms with Crippen molar-refractivity contribution in [2.24, 2.45) is 5.41 Å². The predicted molar refractivity (Wildman–Crippen MR) is 112 cm³/mol. The van der Waals surface area contributed by atoms with Gasteiger partial charge in [-0.05, 0) is 36.1 Å². The third kappa shape index (κ3) is 7.24. The van der Waals surface area contributed by atoms with E-state index in [2.05, 4.69) is 37.9 Å². The first-order valence-corrected chi connectivity index (χ1v) is 10.2. The fraction of sp³-hybridized carbons (Fsp3) is 0.636. The van der Waals surface area contributed by atoms with Gasteiger partial charge in [0.05, 0.1) is 0 Å². The molecule has 5 heteroatoms. The molecule has 1 aromatic rings. The zero-order valence-corrected chi connectivity index (χ0v) is 17.4. The minimum Gasteiger partial charge on any atom is -0.368 e. The van der Waals surface area contributed by atoms with Gasteiger partial charge in [0, 0.05) is 50.4 Å². The number of piperazine rings is 1. The summed E-state index contributed by atoms with van der Waals surface area (Å²) in [5.41, 5.74) is 1.96. The van der Waals surface area contributed by atoms with Gasteiger partial charge in [0.2, 0.25) is 11.8 Å². The van der Waals surface area contributed by atoms with Crippen molar-refractivity contribution >= 4 is 23.2 Å². The Morgan fingerprint density at radius 3 is 2.19 bits per heavy atom. The van der Waals surface area contributed by atoms with Crippen LogP contribution in [0.15, 0.2) is 24.3 Å². The Morgan fingerprint density at radius 2 is 1.63 bits per heavy atom. The number of unbranched alkanes of at least 4 members (excludes halogenated alkanes) is 2. The second-order valence-corrected chi connectivity index (χ2v) is 8.66. The zero-order valence-electron chi connectivity index (χ0n) is 17.4. The summed E-state index contributed by atoms with van der Waals surface area (Å²) >= 11 is 0. The largest absolute Gasteiger partial charge is 0.368 e. The summed E-state index contributed by atoms with van der Waals surface area (Å²) in [6, 6.07) is 8.01. The van der Waals surface area contributed by atoms with Gasteiger partial charge in [-0.25, -0.2) is 0 Å². The van der Waals surface area contributed by atoms with E-state index in [9.17, 15) is 9.59 Å². The lowest BCUT2D eigenvalue weighted by Crippen LogP contribution is -2.48. The summed E-state index contributed by atoms with van der Waals surface area (Å²) in [5.74, 6) is 0.338. The van der Waals surface area contributed by atoms with Crippen molar-refractivity contribution in [3.63, 3.8) is 0 Å². The van der Waals surface area contributed by atoms with Gasteiger partial charge >= 0.3 is 0 Å². The number of hydrogen-bond donors (Lipinski definition) is 1. The molecule has 2 amide bonds. The predicted octanol–water partition coefficient (Wildman–Crippen LogP) is 4.29. The van der Waals surface area contributed by atoms with Crippen LogP contribution < -0.4 is 10.2 Å². The molecule has 1 aliphatic heterocycles. The molecule has 5 nitrogen and oxygen atoms in total. The summed E-state index contributed by atoms with van der Waals surface area (Å²) in [6.07, 6.45) is 4.45. The van der Waals surface area contributed by atoms with Crippen LogP contribution in [0.3, 0.4) is 0 Å². The van der Waals surface area contributed by atoms with E-state index in [-0.39, 0.29) is 11.3 Å². The fourth-order valence-electron chi connectivity index (χ4n) is 3.34. The number of rotatable bonds is 7. The highest BCUT2D eigenvalue weighted by Crippen LogP contribution is 2.22. The Labute approximate surface area is 164 Å². The van der Waals surface area contributed by atoms with E-state index in [1.807, 2.05) is 29.2 Å². The molecule has 1 aliphatic rings. The second kappa shape index (κ2) is 9.77. The Bertz CT molecular complexity index is 611. The number of nitrogens with one attached hydrogen (secondary N) is 1. The highest BCUT2D eigenvalue weighted by molar-refractivity contribution is 5.91. The Balaban J connectivity index is 1.81. The minimum atomic E-state index is -0.0162. The van der Waals surface area contributed by atoms with Crippen LogP contribution in [0, 0.1) is 5.41 Å². The number of hydrogen-bond acceptors (Lipinski definition) is 3. The maximum atomic E-state index is 12.2. The lowest BCUT2D eigenvalue weighted by atomic mass is 9.92. The third-order valence-corrected chi connectivity index (χ3v) is 4.83. The third-order valence-electron chi connectivity index (χ3n) is 4.83. The van der Waals surface area contributed by atoms with Crippen LogP contribution in [-0.4, -0.2) is 42.9 Å². The first kappa shape index (κ1) is 21.3. The van der Waals surface area contributed by atoms with E-state index in [4.69, 9.17) is 0 Å². The van der Waals surface area contributed by atoms with Crippen LogP contribution in [0.5, 0.6) is 0 Å². The van der Waals surface area contributed by atoms with Crippen LogP contribution >= 0.6 is 0 Å². The lowest BCUT2D eigenvalue weighted by molar-refractivity contribution is -0.131. The van der Waals surface area contributed by atoms with Crippen molar-refractivity contribution in [3.8, 4) is 0 Å². The SMILES string of the molecule is CCCCCC(=O)N1CCN(c2ccc(NC(=O)CC(C)(C)C)cc2)CC1. The fourth-order valence-corrected chi connectivity index (χ4v) is 3.34. The van der Waals surface area contributed by atoms with Crippen molar-refractivity contribution in [2.45, 2.75) is 59.8 Å². The topological polar surface area (TPSA) is 52.7 Å². The number of carbonyl (C=O) groups excluding carboxylic acids is 2. The summed E-state index contributed by atoms with van der Waals surface area (Å²) in [6.45, 7) is 11.6. The van der Waals surface area contributed by atoms with Gasteiger partial charge in [0.25, 0.3) is 0 Å². The molecule has 0 aliphatic carbocycles. The average molecular weight is 374 g/mol.